The summed E-state index contributed by atoms with van der Waals surface area (Å²) in [5, 5.41) is 19.6. The van der Waals surface area contributed by atoms with Crippen LogP contribution in [0.3, 0.4) is 0 Å². The molecule has 0 unspecified atom stereocenters. The van der Waals surface area contributed by atoms with Crippen molar-refractivity contribution in [2.24, 2.45) is 10.1 Å². The molecule has 0 aliphatic carbocycles. The van der Waals surface area contributed by atoms with Gasteiger partial charge in [0.05, 0.1) is 29.9 Å². The first kappa shape index (κ1) is 19.6. The topological polar surface area (TPSA) is 98.8 Å². The molecule has 0 saturated heterocycles. The van der Waals surface area contributed by atoms with Gasteiger partial charge in [-0.3, -0.25) is 15.1 Å². The molecule has 5 rings (SSSR count). The zero-order chi connectivity index (χ0) is 21.9. The third kappa shape index (κ3) is 3.84. The highest BCUT2D eigenvalue weighted by Gasteiger charge is 2.13. The van der Waals surface area contributed by atoms with Crippen LogP contribution in [0.15, 0.2) is 99.0 Å². The molecule has 0 atom stereocenters. The van der Waals surface area contributed by atoms with Crippen molar-refractivity contribution in [3.63, 3.8) is 0 Å². The molecule has 0 N–H and O–H groups in total. The summed E-state index contributed by atoms with van der Waals surface area (Å²) in [5.41, 5.74) is 2.53. The number of aromatic nitrogens is 2. The molecule has 5 aromatic rings. The van der Waals surface area contributed by atoms with Crippen LogP contribution >= 0.6 is 11.3 Å². The second kappa shape index (κ2) is 8.40. The lowest BCUT2D eigenvalue weighted by Crippen LogP contribution is -2.11. The number of pyridine rings is 1. The molecule has 0 aliphatic heterocycles. The molecule has 0 aliphatic rings. The number of nitro groups is 1. The minimum atomic E-state index is -0.584. The second-order valence-corrected chi connectivity index (χ2v) is 7.58. The molecule has 0 bridgehead atoms. The number of hydrogen-bond acceptors (Lipinski definition) is 7. The van der Waals surface area contributed by atoms with Crippen LogP contribution in [0.25, 0.3) is 22.0 Å². The van der Waals surface area contributed by atoms with Crippen molar-refractivity contribution in [2.45, 2.75) is 0 Å². The van der Waals surface area contributed by atoms with Crippen LogP contribution in [0.5, 0.6) is 0 Å². The van der Waals surface area contributed by atoms with Crippen LogP contribution in [0.2, 0.25) is 0 Å². The molecule has 9 heteroatoms. The Morgan fingerprint density at radius 2 is 1.94 bits per heavy atom. The number of rotatable bonds is 5. The summed E-state index contributed by atoms with van der Waals surface area (Å²) in [7, 11) is 0. The SMILES string of the molecule is O=[N+]([O-])c1ccc(C=Nn2c(-c3cccc4ccccc34)csc2=Nc2cccnc2)o1. The Kier molecular flexibility index (Phi) is 5.14. The van der Waals surface area contributed by atoms with Crippen molar-refractivity contribution in [1.29, 1.82) is 0 Å². The third-order valence-electron chi connectivity index (χ3n) is 4.71. The van der Waals surface area contributed by atoms with Crippen molar-refractivity contribution in [2.75, 3.05) is 0 Å². The maximum absolute atomic E-state index is 10.9. The third-order valence-corrected chi connectivity index (χ3v) is 5.53. The molecule has 156 valence electrons. The average molecular weight is 441 g/mol. The summed E-state index contributed by atoms with van der Waals surface area (Å²) < 4.78 is 6.92. The highest BCUT2D eigenvalue weighted by atomic mass is 32.1. The maximum atomic E-state index is 10.9. The summed E-state index contributed by atoms with van der Waals surface area (Å²) in [6.07, 6.45) is 4.79. The van der Waals surface area contributed by atoms with E-state index in [2.05, 4.69) is 33.3 Å². The summed E-state index contributed by atoms with van der Waals surface area (Å²) in [5.74, 6) is -0.0667. The molecule has 0 radical (unpaired) electrons. The van der Waals surface area contributed by atoms with Crippen molar-refractivity contribution in [3.8, 4) is 11.3 Å². The zero-order valence-electron chi connectivity index (χ0n) is 16.5. The molecule has 0 spiro atoms. The molecular formula is C23H15N5O3S. The van der Waals surface area contributed by atoms with E-state index in [4.69, 9.17) is 4.42 Å². The van der Waals surface area contributed by atoms with Gasteiger partial charge >= 0.3 is 5.88 Å². The van der Waals surface area contributed by atoms with E-state index in [1.165, 1.54) is 29.7 Å². The highest BCUT2D eigenvalue weighted by molar-refractivity contribution is 7.07. The van der Waals surface area contributed by atoms with E-state index in [1.54, 1.807) is 17.1 Å². The molecule has 3 aromatic heterocycles. The first-order valence-corrected chi connectivity index (χ1v) is 10.5. The molecule has 3 heterocycles. The van der Waals surface area contributed by atoms with Crippen molar-refractivity contribution in [3.05, 3.63) is 105 Å². The standard InChI is InChI=1S/C23H15N5O3S/c29-28(30)22-11-10-18(31-22)14-25-27-21(15-32-23(27)26-17-7-4-12-24-13-17)20-9-3-6-16-5-1-2-8-19(16)20/h1-15H. The summed E-state index contributed by atoms with van der Waals surface area (Å²) in [4.78, 5) is 19.7. The van der Waals surface area contributed by atoms with E-state index in [1.807, 2.05) is 41.8 Å². The largest absolute Gasteiger partial charge is 0.433 e. The Bertz CT molecular complexity index is 1510. The van der Waals surface area contributed by atoms with Crippen molar-refractivity contribution >= 4 is 39.9 Å². The number of nitrogens with zero attached hydrogens (tertiary/aromatic N) is 5. The second-order valence-electron chi connectivity index (χ2n) is 6.74. The fraction of sp³-hybridized carbons (Fsp3) is 0. The van der Waals surface area contributed by atoms with Crippen LogP contribution < -0.4 is 4.80 Å². The van der Waals surface area contributed by atoms with Gasteiger partial charge in [0.25, 0.3) is 0 Å². The number of hydrogen-bond donors (Lipinski definition) is 0. The average Bonchev–Trinajstić information content (AvgIpc) is 3.45. The van der Waals surface area contributed by atoms with Gasteiger partial charge < -0.3 is 4.42 Å². The van der Waals surface area contributed by atoms with E-state index >= 15 is 0 Å². The first-order chi connectivity index (χ1) is 15.7. The van der Waals surface area contributed by atoms with E-state index in [-0.39, 0.29) is 11.6 Å². The normalized spacial score (nSPS) is 12.1. The van der Waals surface area contributed by atoms with Gasteiger partial charge in [-0.05, 0) is 29.0 Å². The van der Waals surface area contributed by atoms with Gasteiger partial charge in [-0.25, -0.2) is 9.67 Å². The lowest BCUT2D eigenvalue weighted by Gasteiger charge is -2.07. The Labute approximate surface area is 185 Å². The highest BCUT2D eigenvalue weighted by Crippen LogP contribution is 2.29. The van der Waals surface area contributed by atoms with Gasteiger partial charge in [-0.1, -0.05) is 42.5 Å². The lowest BCUT2D eigenvalue weighted by molar-refractivity contribution is -0.402. The summed E-state index contributed by atoms with van der Waals surface area (Å²) in [6, 6.07) is 20.7. The number of furan rings is 1. The number of fused-ring (bicyclic) bond motifs is 1. The Morgan fingerprint density at radius 3 is 2.75 bits per heavy atom. The Balaban J connectivity index is 1.68. The van der Waals surface area contributed by atoms with Gasteiger partial charge in [0.1, 0.15) is 4.92 Å². The number of benzene rings is 2. The summed E-state index contributed by atoms with van der Waals surface area (Å²) >= 11 is 1.44. The van der Waals surface area contributed by atoms with Crippen LogP contribution in [0.1, 0.15) is 5.76 Å². The monoisotopic (exact) mass is 441 g/mol. The predicted molar refractivity (Wildman–Crippen MR) is 123 cm³/mol. The fourth-order valence-electron chi connectivity index (χ4n) is 3.28. The van der Waals surface area contributed by atoms with Gasteiger partial charge in [-0.15, -0.1) is 11.3 Å². The zero-order valence-corrected chi connectivity index (χ0v) is 17.3. The molecule has 32 heavy (non-hydrogen) atoms. The van der Waals surface area contributed by atoms with Gasteiger partial charge in [-0.2, -0.15) is 5.10 Å². The van der Waals surface area contributed by atoms with E-state index in [9.17, 15) is 10.1 Å². The molecule has 0 saturated carbocycles. The van der Waals surface area contributed by atoms with Crippen LogP contribution in [0.4, 0.5) is 11.6 Å². The van der Waals surface area contributed by atoms with E-state index < -0.39 is 4.92 Å². The maximum Gasteiger partial charge on any atom is 0.433 e. The predicted octanol–water partition coefficient (Wildman–Crippen LogP) is 5.38. The van der Waals surface area contributed by atoms with Crippen LogP contribution in [-0.2, 0) is 0 Å². The Hall–Kier alpha value is -4.37. The van der Waals surface area contributed by atoms with Gasteiger partial charge in [0.2, 0.25) is 4.80 Å². The quantitative estimate of drug-likeness (QED) is 0.208. The Morgan fingerprint density at radius 1 is 1.06 bits per heavy atom. The van der Waals surface area contributed by atoms with E-state index in [0.29, 0.717) is 10.5 Å². The smallest absolute Gasteiger partial charge is 0.400 e. The van der Waals surface area contributed by atoms with Crippen molar-refractivity contribution < 1.29 is 9.34 Å². The molecule has 0 fully saturated rings. The fourth-order valence-corrected chi connectivity index (χ4v) is 4.13. The first-order valence-electron chi connectivity index (χ1n) is 9.61. The van der Waals surface area contributed by atoms with Crippen LogP contribution in [-0.4, -0.2) is 20.8 Å². The van der Waals surface area contributed by atoms with E-state index in [0.717, 1.165) is 22.0 Å². The number of thiazole rings is 1. The van der Waals surface area contributed by atoms with Crippen LogP contribution in [0, 0.1) is 10.1 Å². The minimum Gasteiger partial charge on any atom is -0.400 e. The molecule has 0 amide bonds. The molecular weight excluding hydrogens is 426 g/mol. The van der Waals surface area contributed by atoms with Gasteiger partial charge in [0, 0.05) is 17.1 Å². The minimum absolute atomic E-state index is 0.270. The molecule has 2 aromatic carbocycles. The summed E-state index contributed by atoms with van der Waals surface area (Å²) in [6.45, 7) is 0. The van der Waals surface area contributed by atoms with Crippen molar-refractivity contribution in [1.82, 2.24) is 9.66 Å². The van der Waals surface area contributed by atoms with Gasteiger partial charge in [0.15, 0.2) is 5.76 Å². The lowest BCUT2D eigenvalue weighted by atomic mass is 10.0. The molecule has 8 nitrogen and oxygen atoms in total.